The average molecular weight is 256 g/mol. The molecule has 0 atom stereocenters. The molecule has 0 amide bonds. The molecule has 1 heterocycles. The van der Waals surface area contributed by atoms with E-state index >= 15 is 0 Å². The van der Waals surface area contributed by atoms with Crippen LogP contribution in [0.1, 0.15) is 48.3 Å². The summed E-state index contributed by atoms with van der Waals surface area (Å²) in [4.78, 5) is 15.0. The number of nitrogens with one attached hydrogen (secondary N) is 1. The van der Waals surface area contributed by atoms with Gasteiger partial charge in [-0.25, -0.2) is 0 Å². The number of aromatic nitrogens is 1. The van der Waals surface area contributed by atoms with Crippen LogP contribution < -0.4 is 0 Å². The predicted molar refractivity (Wildman–Crippen MR) is 59.8 cm³/mol. The van der Waals surface area contributed by atoms with Crippen molar-refractivity contribution in [3.63, 3.8) is 0 Å². The zero-order valence-electron chi connectivity index (χ0n) is 8.70. The van der Waals surface area contributed by atoms with Gasteiger partial charge in [-0.05, 0) is 34.8 Å². The number of H-pyrrole nitrogens is 1. The molecule has 0 saturated heterocycles. The minimum Gasteiger partial charge on any atom is -0.352 e. The molecule has 0 spiro atoms. The molecule has 0 saturated carbocycles. The molecule has 76 valence electrons. The summed E-state index contributed by atoms with van der Waals surface area (Å²) < 4.78 is 0.950. The van der Waals surface area contributed by atoms with Crippen molar-refractivity contribution in [2.45, 2.75) is 39.0 Å². The molecule has 0 bridgehead atoms. The molecule has 0 aromatic carbocycles. The fourth-order valence-corrected chi connectivity index (χ4v) is 2.49. The van der Waals surface area contributed by atoms with Crippen LogP contribution in [0.15, 0.2) is 4.60 Å². The Morgan fingerprint density at radius 1 is 1.43 bits per heavy atom. The van der Waals surface area contributed by atoms with E-state index < -0.39 is 0 Å². The maximum absolute atomic E-state index is 11.8. The SMILES string of the molecule is Cc1c(Br)[nH]c2c1C(=O)CCC2(C)C. The quantitative estimate of drug-likeness (QED) is 0.758. The third-order valence-electron chi connectivity index (χ3n) is 3.12. The Morgan fingerprint density at radius 3 is 2.64 bits per heavy atom. The molecule has 1 aliphatic carbocycles. The third-order valence-corrected chi connectivity index (χ3v) is 3.91. The van der Waals surface area contributed by atoms with Crippen molar-refractivity contribution in [1.29, 1.82) is 0 Å². The van der Waals surface area contributed by atoms with Gasteiger partial charge in [-0.15, -0.1) is 0 Å². The van der Waals surface area contributed by atoms with Crippen LogP contribution in [0.3, 0.4) is 0 Å². The van der Waals surface area contributed by atoms with Crippen LogP contribution >= 0.6 is 15.9 Å². The van der Waals surface area contributed by atoms with E-state index in [1.54, 1.807) is 0 Å². The first-order chi connectivity index (χ1) is 6.43. The molecule has 0 unspecified atom stereocenters. The zero-order chi connectivity index (χ0) is 10.5. The Morgan fingerprint density at radius 2 is 2.07 bits per heavy atom. The summed E-state index contributed by atoms with van der Waals surface area (Å²) in [5, 5.41) is 0. The Kier molecular flexibility index (Phi) is 2.11. The number of halogens is 1. The molecule has 2 nitrogen and oxygen atoms in total. The molecule has 0 aliphatic heterocycles. The van der Waals surface area contributed by atoms with Crippen LogP contribution in [0.2, 0.25) is 0 Å². The summed E-state index contributed by atoms with van der Waals surface area (Å²) >= 11 is 3.45. The van der Waals surface area contributed by atoms with Gasteiger partial charge in [0.1, 0.15) is 0 Å². The van der Waals surface area contributed by atoms with E-state index in [1.807, 2.05) is 6.92 Å². The average Bonchev–Trinajstić information content (AvgIpc) is 2.39. The van der Waals surface area contributed by atoms with Crippen LogP contribution in [0.25, 0.3) is 0 Å². The van der Waals surface area contributed by atoms with Gasteiger partial charge in [0.25, 0.3) is 0 Å². The third kappa shape index (κ3) is 1.26. The van der Waals surface area contributed by atoms with Gasteiger partial charge in [0.15, 0.2) is 5.78 Å². The lowest BCUT2D eigenvalue weighted by Gasteiger charge is -2.29. The number of fused-ring (bicyclic) bond motifs is 1. The van der Waals surface area contributed by atoms with Crippen molar-refractivity contribution >= 4 is 21.7 Å². The second-order valence-corrected chi connectivity index (χ2v) is 5.41. The van der Waals surface area contributed by atoms with E-state index in [2.05, 4.69) is 34.8 Å². The standard InChI is InChI=1S/C11H14BrNO/c1-6-8-7(14)4-5-11(2,3)9(8)13-10(6)12/h13H,4-5H2,1-3H3. The first-order valence-corrected chi connectivity index (χ1v) is 5.64. The van der Waals surface area contributed by atoms with E-state index in [-0.39, 0.29) is 11.2 Å². The second-order valence-electron chi connectivity index (χ2n) is 4.62. The molecular formula is C11H14BrNO. The van der Waals surface area contributed by atoms with Gasteiger partial charge >= 0.3 is 0 Å². The summed E-state index contributed by atoms with van der Waals surface area (Å²) in [6, 6.07) is 0. The Balaban J connectivity index is 2.69. The highest BCUT2D eigenvalue weighted by molar-refractivity contribution is 9.10. The number of Topliss-reactive ketones (excluding diaryl/α,β-unsaturated/α-hetero) is 1. The van der Waals surface area contributed by atoms with Crippen molar-refractivity contribution in [1.82, 2.24) is 4.98 Å². The number of hydrogen-bond donors (Lipinski definition) is 1. The fraction of sp³-hybridized carbons (Fsp3) is 0.545. The molecule has 1 aromatic rings. The number of rotatable bonds is 0. The molecule has 1 N–H and O–H groups in total. The maximum Gasteiger partial charge on any atom is 0.165 e. The molecule has 0 fully saturated rings. The van der Waals surface area contributed by atoms with Crippen molar-refractivity contribution in [2.24, 2.45) is 0 Å². The topological polar surface area (TPSA) is 32.9 Å². The Hall–Kier alpha value is -0.570. The highest BCUT2D eigenvalue weighted by Gasteiger charge is 2.35. The van der Waals surface area contributed by atoms with Crippen molar-refractivity contribution in [3.05, 3.63) is 21.4 Å². The van der Waals surface area contributed by atoms with E-state index in [1.165, 1.54) is 0 Å². The Labute approximate surface area is 92.2 Å². The summed E-state index contributed by atoms with van der Waals surface area (Å²) in [5.41, 5.74) is 3.16. The van der Waals surface area contributed by atoms with Crippen molar-refractivity contribution in [3.8, 4) is 0 Å². The lowest BCUT2D eigenvalue weighted by molar-refractivity contribution is 0.0955. The van der Waals surface area contributed by atoms with E-state index in [9.17, 15) is 4.79 Å². The zero-order valence-corrected chi connectivity index (χ0v) is 10.3. The van der Waals surface area contributed by atoms with E-state index in [0.29, 0.717) is 6.42 Å². The predicted octanol–water partition coefficient (Wildman–Crippen LogP) is 3.34. The van der Waals surface area contributed by atoms with Crippen LogP contribution in [0.5, 0.6) is 0 Å². The molecule has 14 heavy (non-hydrogen) atoms. The van der Waals surface area contributed by atoms with Crippen LogP contribution in [-0.2, 0) is 5.41 Å². The molecule has 3 heteroatoms. The fourth-order valence-electron chi connectivity index (χ4n) is 2.10. The maximum atomic E-state index is 11.8. The van der Waals surface area contributed by atoms with Gasteiger partial charge in [-0.2, -0.15) is 0 Å². The monoisotopic (exact) mass is 255 g/mol. The second kappa shape index (κ2) is 2.96. The highest BCUT2D eigenvalue weighted by atomic mass is 79.9. The van der Waals surface area contributed by atoms with Crippen LogP contribution in [-0.4, -0.2) is 10.8 Å². The van der Waals surface area contributed by atoms with Crippen LogP contribution in [0.4, 0.5) is 0 Å². The first kappa shape index (κ1) is 9.97. The van der Waals surface area contributed by atoms with Crippen molar-refractivity contribution in [2.75, 3.05) is 0 Å². The molecular weight excluding hydrogens is 242 g/mol. The minimum absolute atomic E-state index is 0.0972. The number of aromatic amines is 1. The molecule has 0 radical (unpaired) electrons. The lowest BCUT2D eigenvalue weighted by Crippen LogP contribution is -2.27. The van der Waals surface area contributed by atoms with Crippen LogP contribution in [0, 0.1) is 6.92 Å². The van der Waals surface area contributed by atoms with Gasteiger partial charge in [0, 0.05) is 23.1 Å². The molecule has 1 aliphatic rings. The number of ketones is 1. The smallest absolute Gasteiger partial charge is 0.165 e. The van der Waals surface area contributed by atoms with Gasteiger partial charge in [-0.1, -0.05) is 13.8 Å². The van der Waals surface area contributed by atoms with Gasteiger partial charge < -0.3 is 4.98 Å². The summed E-state index contributed by atoms with van der Waals surface area (Å²) in [6.45, 7) is 6.35. The van der Waals surface area contributed by atoms with Crippen molar-refractivity contribution < 1.29 is 4.79 Å². The number of carbonyl (C=O) groups is 1. The highest BCUT2D eigenvalue weighted by Crippen LogP contribution is 2.39. The summed E-state index contributed by atoms with van der Waals surface area (Å²) in [5.74, 6) is 0.277. The normalized spacial score (nSPS) is 19.6. The Bertz CT molecular complexity index is 404. The van der Waals surface area contributed by atoms with Gasteiger partial charge in [0.2, 0.25) is 0 Å². The minimum atomic E-state index is 0.0972. The number of carbonyl (C=O) groups excluding carboxylic acids is 1. The largest absolute Gasteiger partial charge is 0.352 e. The summed E-state index contributed by atoms with van der Waals surface area (Å²) in [7, 11) is 0. The summed E-state index contributed by atoms with van der Waals surface area (Å²) in [6.07, 6.45) is 1.61. The number of hydrogen-bond acceptors (Lipinski definition) is 1. The van der Waals surface area contributed by atoms with Gasteiger partial charge in [0.05, 0.1) is 4.60 Å². The lowest BCUT2D eigenvalue weighted by atomic mass is 9.75. The molecule has 1 aromatic heterocycles. The van der Waals surface area contributed by atoms with Gasteiger partial charge in [-0.3, -0.25) is 4.79 Å². The first-order valence-electron chi connectivity index (χ1n) is 4.85. The van der Waals surface area contributed by atoms with E-state index in [0.717, 1.165) is 27.8 Å². The van der Waals surface area contributed by atoms with E-state index in [4.69, 9.17) is 0 Å². The molecule has 2 rings (SSSR count).